The highest BCUT2D eigenvalue weighted by Crippen LogP contribution is 2.27. The zero-order chi connectivity index (χ0) is 12.2. The summed E-state index contributed by atoms with van der Waals surface area (Å²) in [7, 11) is 0. The average Bonchev–Trinajstić information content (AvgIpc) is 2.60. The standard InChI is InChI=1S/C12H17NO3/c1-9-4-5-10(16-9)12(2,3)6-7-13-8-11(14)15/h4-5,7H,6,8H2,1-3H3,(H,14,15). The van der Waals surface area contributed by atoms with Gasteiger partial charge in [-0.3, -0.25) is 9.79 Å². The molecule has 0 aliphatic heterocycles. The van der Waals surface area contributed by atoms with Crippen molar-refractivity contribution in [3.63, 3.8) is 0 Å². The van der Waals surface area contributed by atoms with Gasteiger partial charge in [-0.15, -0.1) is 0 Å². The van der Waals surface area contributed by atoms with Crippen LogP contribution in [0.5, 0.6) is 0 Å². The van der Waals surface area contributed by atoms with Gasteiger partial charge in [0.2, 0.25) is 0 Å². The molecule has 0 aliphatic carbocycles. The van der Waals surface area contributed by atoms with Crippen molar-refractivity contribution in [1.29, 1.82) is 0 Å². The van der Waals surface area contributed by atoms with Gasteiger partial charge >= 0.3 is 5.97 Å². The van der Waals surface area contributed by atoms with E-state index in [1.165, 1.54) is 0 Å². The largest absolute Gasteiger partial charge is 0.480 e. The van der Waals surface area contributed by atoms with Gasteiger partial charge in [0.05, 0.1) is 0 Å². The number of carbonyl (C=O) groups is 1. The zero-order valence-corrected chi connectivity index (χ0v) is 9.86. The Morgan fingerprint density at radius 3 is 2.75 bits per heavy atom. The highest BCUT2D eigenvalue weighted by atomic mass is 16.4. The number of carboxylic acid groups (broad SMARTS) is 1. The lowest BCUT2D eigenvalue weighted by molar-refractivity contribution is -0.135. The van der Waals surface area contributed by atoms with Gasteiger partial charge in [-0.05, 0) is 25.5 Å². The van der Waals surface area contributed by atoms with Gasteiger partial charge in [0.15, 0.2) is 0 Å². The van der Waals surface area contributed by atoms with E-state index in [1.54, 1.807) is 6.21 Å². The van der Waals surface area contributed by atoms with Crippen LogP contribution in [0.1, 0.15) is 31.8 Å². The second-order valence-electron chi connectivity index (χ2n) is 4.42. The summed E-state index contributed by atoms with van der Waals surface area (Å²) in [6.07, 6.45) is 2.30. The Labute approximate surface area is 95.0 Å². The molecular formula is C12H17NO3. The molecular weight excluding hydrogens is 206 g/mol. The lowest BCUT2D eigenvalue weighted by Gasteiger charge is -2.19. The van der Waals surface area contributed by atoms with E-state index in [0.29, 0.717) is 6.42 Å². The third-order valence-electron chi connectivity index (χ3n) is 2.36. The fourth-order valence-electron chi connectivity index (χ4n) is 1.33. The predicted molar refractivity (Wildman–Crippen MR) is 62.1 cm³/mol. The quantitative estimate of drug-likeness (QED) is 0.780. The van der Waals surface area contributed by atoms with Gasteiger partial charge in [0.25, 0.3) is 0 Å². The lowest BCUT2D eigenvalue weighted by Crippen LogP contribution is -2.17. The van der Waals surface area contributed by atoms with E-state index in [-0.39, 0.29) is 12.0 Å². The summed E-state index contributed by atoms with van der Waals surface area (Å²) < 4.78 is 5.55. The Morgan fingerprint density at radius 2 is 2.25 bits per heavy atom. The van der Waals surface area contributed by atoms with Crippen molar-refractivity contribution in [3.8, 4) is 0 Å². The van der Waals surface area contributed by atoms with Crippen molar-refractivity contribution in [2.75, 3.05) is 6.54 Å². The Kier molecular flexibility index (Phi) is 3.88. The van der Waals surface area contributed by atoms with Gasteiger partial charge in [-0.25, -0.2) is 0 Å². The van der Waals surface area contributed by atoms with Crippen molar-refractivity contribution in [2.45, 2.75) is 32.6 Å². The molecule has 88 valence electrons. The molecule has 4 nitrogen and oxygen atoms in total. The van der Waals surface area contributed by atoms with Crippen LogP contribution < -0.4 is 0 Å². The molecule has 0 unspecified atom stereocenters. The molecule has 0 radical (unpaired) electrons. The summed E-state index contributed by atoms with van der Waals surface area (Å²) >= 11 is 0. The number of rotatable bonds is 5. The third kappa shape index (κ3) is 3.53. The van der Waals surface area contributed by atoms with Crippen molar-refractivity contribution in [1.82, 2.24) is 0 Å². The first-order valence-electron chi connectivity index (χ1n) is 5.19. The Morgan fingerprint density at radius 1 is 1.56 bits per heavy atom. The van der Waals surface area contributed by atoms with Crippen molar-refractivity contribution < 1.29 is 14.3 Å². The number of aryl methyl sites for hydroxylation is 1. The lowest BCUT2D eigenvalue weighted by atomic mass is 9.87. The molecule has 1 N–H and O–H groups in total. The van der Waals surface area contributed by atoms with E-state index in [0.717, 1.165) is 11.5 Å². The molecule has 1 rings (SSSR count). The molecule has 1 aromatic heterocycles. The first-order chi connectivity index (χ1) is 7.42. The summed E-state index contributed by atoms with van der Waals surface area (Å²) in [5.74, 6) is 0.861. The zero-order valence-electron chi connectivity index (χ0n) is 9.86. The fraction of sp³-hybridized carbons (Fsp3) is 0.500. The predicted octanol–water partition coefficient (Wildman–Crippen LogP) is 2.41. The van der Waals surface area contributed by atoms with Crippen LogP contribution in [0.25, 0.3) is 0 Å². The van der Waals surface area contributed by atoms with Crippen molar-refractivity contribution in [2.24, 2.45) is 4.99 Å². The van der Waals surface area contributed by atoms with E-state index in [2.05, 4.69) is 4.99 Å². The summed E-state index contributed by atoms with van der Waals surface area (Å²) in [6, 6.07) is 3.87. The van der Waals surface area contributed by atoms with Crippen LogP contribution in [0.3, 0.4) is 0 Å². The molecule has 1 aromatic rings. The van der Waals surface area contributed by atoms with E-state index >= 15 is 0 Å². The number of hydrogen-bond acceptors (Lipinski definition) is 3. The van der Waals surface area contributed by atoms with E-state index in [9.17, 15) is 4.79 Å². The number of carboxylic acids is 1. The third-order valence-corrected chi connectivity index (χ3v) is 2.36. The summed E-state index contributed by atoms with van der Waals surface area (Å²) in [5.41, 5.74) is -0.156. The van der Waals surface area contributed by atoms with E-state index < -0.39 is 5.97 Å². The minimum atomic E-state index is -0.914. The topological polar surface area (TPSA) is 62.8 Å². The Hall–Kier alpha value is -1.58. The number of aliphatic imine (C=N–C) groups is 1. The molecule has 0 aromatic carbocycles. The highest BCUT2D eigenvalue weighted by molar-refractivity contribution is 5.72. The minimum Gasteiger partial charge on any atom is -0.480 e. The number of nitrogens with zero attached hydrogens (tertiary/aromatic N) is 1. The maximum absolute atomic E-state index is 10.3. The summed E-state index contributed by atoms with van der Waals surface area (Å²) in [4.78, 5) is 14.1. The molecule has 0 aliphatic rings. The molecule has 1 heterocycles. The van der Waals surface area contributed by atoms with Crippen LogP contribution in [0.15, 0.2) is 21.5 Å². The molecule has 4 heteroatoms. The fourth-order valence-corrected chi connectivity index (χ4v) is 1.33. The van der Waals surface area contributed by atoms with Crippen LogP contribution >= 0.6 is 0 Å². The normalized spacial score (nSPS) is 12.2. The second-order valence-corrected chi connectivity index (χ2v) is 4.42. The smallest absolute Gasteiger partial charge is 0.325 e. The number of hydrogen-bond donors (Lipinski definition) is 1. The van der Waals surface area contributed by atoms with Gasteiger partial charge in [0, 0.05) is 11.6 Å². The molecule has 0 saturated heterocycles. The first kappa shape index (κ1) is 12.5. The summed E-state index contributed by atoms with van der Waals surface area (Å²) in [5, 5.41) is 8.43. The van der Waals surface area contributed by atoms with Crippen LogP contribution in [-0.2, 0) is 10.2 Å². The van der Waals surface area contributed by atoms with Gasteiger partial charge in [0.1, 0.15) is 18.1 Å². The SMILES string of the molecule is Cc1ccc(C(C)(C)CC=NCC(=O)O)o1. The van der Waals surface area contributed by atoms with Crippen molar-refractivity contribution in [3.05, 3.63) is 23.7 Å². The van der Waals surface area contributed by atoms with Crippen LogP contribution in [0, 0.1) is 6.92 Å². The second kappa shape index (κ2) is 4.96. The number of aliphatic carboxylic acids is 1. The molecule has 0 spiro atoms. The molecule has 0 atom stereocenters. The molecule has 0 amide bonds. The van der Waals surface area contributed by atoms with Crippen molar-refractivity contribution >= 4 is 12.2 Å². The molecule has 0 bridgehead atoms. The first-order valence-corrected chi connectivity index (χ1v) is 5.19. The highest BCUT2D eigenvalue weighted by Gasteiger charge is 2.22. The van der Waals surface area contributed by atoms with E-state index in [1.807, 2.05) is 32.9 Å². The van der Waals surface area contributed by atoms with Gasteiger partial charge < -0.3 is 9.52 Å². The monoisotopic (exact) mass is 223 g/mol. The Bertz CT molecular complexity index is 391. The maximum atomic E-state index is 10.3. The Balaban J connectivity index is 2.58. The molecule has 0 saturated carbocycles. The van der Waals surface area contributed by atoms with Gasteiger partial charge in [-0.1, -0.05) is 13.8 Å². The molecule has 16 heavy (non-hydrogen) atoms. The molecule has 0 fully saturated rings. The van der Waals surface area contributed by atoms with E-state index in [4.69, 9.17) is 9.52 Å². The number of furan rings is 1. The maximum Gasteiger partial charge on any atom is 0.325 e. The van der Waals surface area contributed by atoms with Gasteiger partial charge in [-0.2, -0.15) is 0 Å². The minimum absolute atomic E-state index is 0.156. The summed E-state index contributed by atoms with van der Waals surface area (Å²) in [6.45, 7) is 5.81. The van der Waals surface area contributed by atoms with Crippen LogP contribution in [0.2, 0.25) is 0 Å². The van der Waals surface area contributed by atoms with Crippen LogP contribution in [0.4, 0.5) is 0 Å². The van der Waals surface area contributed by atoms with Crippen LogP contribution in [-0.4, -0.2) is 23.8 Å². The average molecular weight is 223 g/mol.